The van der Waals surface area contributed by atoms with Gasteiger partial charge in [0.1, 0.15) is 11.1 Å². The van der Waals surface area contributed by atoms with Crippen LogP contribution in [0.15, 0.2) is 0 Å². The normalized spacial score (nSPS) is 25.8. The summed E-state index contributed by atoms with van der Waals surface area (Å²) in [7, 11) is 1.61. The molecule has 116 valence electrons. The molecule has 1 N–H and O–H groups in total. The zero-order chi connectivity index (χ0) is 15.4. The fourth-order valence-electron chi connectivity index (χ4n) is 2.15. The molecule has 0 aromatic carbocycles. The maximum Gasteiger partial charge on any atom is 0.248 e. The molecule has 6 nitrogen and oxygen atoms in total. The summed E-state index contributed by atoms with van der Waals surface area (Å²) in [5.41, 5.74) is -1.67. The largest absolute Gasteiger partial charge is 0.382 e. The smallest absolute Gasteiger partial charge is 0.248 e. The Kier molecular flexibility index (Phi) is 5.53. The summed E-state index contributed by atoms with van der Waals surface area (Å²) in [5, 5.41) is 2.83. The first-order valence-corrected chi connectivity index (χ1v) is 7.01. The van der Waals surface area contributed by atoms with E-state index in [1.54, 1.807) is 32.8 Å². The predicted octanol–water partition coefficient (Wildman–Crippen LogP) is 0.555. The average Bonchev–Trinajstić information content (AvgIpc) is 2.40. The van der Waals surface area contributed by atoms with Gasteiger partial charge in [-0.3, -0.25) is 9.59 Å². The molecule has 1 fully saturated rings. The Morgan fingerprint density at radius 1 is 1.15 bits per heavy atom. The fraction of sp³-hybridized carbons (Fsp3) is 0.857. The second kappa shape index (κ2) is 6.54. The Morgan fingerprint density at radius 2 is 1.80 bits per heavy atom. The van der Waals surface area contributed by atoms with E-state index in [2.05, 4.69) is 5.32 Å². The van der Waals surface area contributed by atoms with Crippen molar-refractivity contribution in [2.45, 2.75) is 45.2 Å². The molecule has 6 heteroatoms. The third kappa shape index (κ3) is 3.30. The van der Waals surface area contributed by atoms with E-state index in [1.807, 2.05) is 6.92 Å². The molecular weight excluding hydrogens is 260 g/mol. The van der Waals surface area contributed by atoms with E-state index in [0.717, 1.165) is 0 Å². The van der Waals surface area contributed by atoms with Gasteiger partial charge >= 0.3 is 0 Å². The van der Waals surface area contributed by atoms with Crippen molar-refractivity contribution < 1.29 is 19.1 Å². The van der Waals surface area contributed by atoms with Crippen LogP contribution in [0.25, 0.3) is 0 Å². The van der Waals surface area contributed by atoms with Crippen molar-refractivity contribution in [1.82, 2.24) is 10.2 Å². The summed E-state index contributed by atoms with van der Waals surface area (Å²) in [6, 6.07) is 0. The van der Waals surface area contributed by atoms with Gasteiger partial charge in [-0.1, -0.05) is 6.92 Å². The van der Waals surface area contributed by atoms with Gasteiger partial charge in [-0.05, 0) is 27.2 Å². The molecule has 1 unspecified atom stereocenters. The van der Waals surface area contributed by atoms with E-state index in [-0.39, 0.29) is 11.8 Å². The van der Waals surface area contributed by atoms with E-state index < -0.39 is 11.1 Å². The number of carbonyl (C=O) groups is 2. The van der Waals surface area contributed by atoms with Crippen molar-refractivity contribution in [3.8, 4) is 0 Å². The van der Waals surface area contributed by atoms with E-state index in [1.165, 1.54) is 0 Å². The third-order valence-electron chi connectivity index (χ3n) is 3.94. The third-order valence-corrected chi connectivity index (χ3v) is 3.94. The van der Waals surface area contributed by atoms with Crippen molar-refractivity contribution in [2.75, 3.05) is 33.5 Å². The lowest BCUT2D eigenvalue weighted by Gasteiger charge is -2.48. The molecule has 1 saturated heterocycles. The average molecular weight is 286 g/mol. The van der Waals surface area contributed by atoms with Crippen LogP contribution in [0.4, 0.5) is 0 Å². The maximum atomic E-state index is 12.6. The van der Waals surface area contributed by atoms with Gasteiger partial charge in [0.2, 0.25) is 11.8 Å². The summed E-state index contributed by atoms with van der Waals surface area (Å²) < 4.78 is 10.3. The summed E-state index contributed by atoms with van der Waals surface area (Å²) in [5.74, 6) is -0.182. The number of nitrogens with zero attached hydrogens (tertiary/aromatic N) is 1. The van der Waals surface area contributed by atoms with Crippen LogP contribution in [-0.2, 0) is 19.1 Å². The lowest BCUT2D eigenvalue weighted by atomic mass is 9.87. The highest BCUT2D eigenvalue weighted by Crippen LogP contribution is 2.27. The molecule has 0 radical (unpaired) electrons. The molecule has 20 heavy (non-hydrogen) atoms. The van der Waals surface area contributed by atoms with Crippen LogP contribution in [0.3, 0.4) is 0 Å². The number of piperazine rings is 1. The molecule has 0 aromatic heterocycles. The van der Waals surface area contributed by atoms with Gasteiger partial charge < -0.3 is 19.7 Å². The Balaban J connectivity index is 2.72. The zero-order valence-electron chi connectivity index (χ0n) is 13.1. The minimum absolute atomic E-state index is 0.0556. The summed E-state index contributed by atoms with van der Waals surface area (Å²) in [6.45, 7) is 8.96. The van der Waals surface area contributed by atoms with E-state index >= 15 is 0 Å². The Bertz CT molecular complexity index is 370. The van der Waals surface area contributed by atoms with E-state index in [9.17, 15) is 9.59 Å². The maximum absolute atomic E-state index is 12.6. The standard InChI is InChI=1S/C14H26N2O4/c1-6-14(4)12(18)16(7-8-20-10-9-19-5)13(2,3)11(17)15-14/h6-10H2,1-5H3,(H,15,17). The van der Waals surface area contributed by atoms with Crippen LogP contribution in [0, 0.1) is 0 Å². The van der Waals surface area contributed by atoms with Gasteiger partial charge in [0, 0.05) is 13.7 Å². The first-order valence-electron chi connectivity index (χ1n) is 7.01. The Labute approximate surface area is 120 Å². The van der Waals surface area contributed by atoms with Crippen LogP contribution in [0.1, 0.15) is 34.1 Å². The molecule has 1 heterocycles. The molecule has 0 spiro atoms. The molecule has 1 rings (SSSR count). The van der Waals surface area contributed by atoms with Gasteiger partial charge in [-0.2, -0.15) is 0 Å². The minimum Gasteiger partial charge on any atom is -0.382 e. The highest BCUT2D eigenvalue weighted by Gasteiger charge is 2.51. The Morgan fingerprint density at radius 3 is 2.35 bits per heavy atom. The van der Waals surface area contributed by atoms with Crippen LogP contribution in [0.5, 0.6) is 0 Å². The van der Waals surface area contributed by atoms with Crippen molar-refractivity contribution in [3.63, 3.8) is 0 Å². The number of ether oxygens (including phenoxy) is 2. The van der Waals surface area contributed by atoms with Crippen molar-refractivity contribution >= 4 is 11.8 Å². The van der Waals surface area contributed by atoms with E-state index in [0.29, 0.717) is 32.8 Å². The summed E-state index contributed by atoms with van der Waals surface area (Å²) in [6.07, 6.45) is 0.564. The predicted molar refractivity (Wildman–Crippen MR) is 75.3 cm³/mol. The number of hydrogen-bond acceptors (Lipinski definition) is 4. The first kappa shape index (κ1) is 16.9. The molecule has 1 aliphatic heterocycles. The van der Waals surface area contributed by atoms with Gasteiger partial charge in [-0.15, -0.1) is 0 Å². The lowest BCUT2D eigenvalue weighted by molar-refractivity contribution is -0.161. The van der Waals surface area contributed by atoms with Crippen LogP contribution in [0.2, 0.25) is 0 Å². The second-order valence-corrected chi connectivity index (χ2v) is 5.76. The molecule has 0 aromatic rings. The molecule has 2 amide bonds. The molecule has 1 aliphatic rings. The number of nitrogens with one attached hydrogen (secondary N) is 1. The van der Waals surface area contributed by atoms with Crippen molar-refractivity contribution in [1.29, 1.82) is 0 Å². The minimum atomic E-state index is -0.851. The Hall–Kier alpha value is -1.14. The van der Waals surface area contributed by atoms with Crippen molar-refractivity contribution in [3.05, 3.63) is 0 Å². The highest BCUT2D eigenvalue weighted by atomic mass is 16.5. The van der Waals surface area contributed by atoms with Crippen molar-refractivity contribution in [2.24, 2.45) is 0 Å². The quantitative estimate of drug-likeness (QED) is 0.694. The molecule has 0 saturated carbocycles. The highest BCUT2D eigenvalue weighted by molar-refractivity contribution is 6.01. The van der Waals surface area contributed by atoms with Crippen LogP contribution in [-0.4, -0.2) is 61.3 Å². The van der Waals surface area contributed by atoms with E-state index in [4.69, 9.17) is 9.47 Å². The second-order valence-electron chi connectivity index (χ2n) is 5.76. The van der Waals surface area contributed by atoms with Gasteiger partial charge in [-0.25, -0.2) is 0 Å². The fourth-order valence-corrected chi connectivity index (χ4v) is 2.15. The number of amides is 2. The summed E-state index contributed by atoms with van der Waals surface area (Å²) >= 11 is 0. The number of methoxy groups -OCH3 is 1. The van der Waals surface area contributed by atoms with Gasteiger partial charge in [0.05, 0.1) is 19.8 Å². The molecular formula is C14H26N2O4. The summed E-state index contributed by atoms with van der Waals surface area (Å²) in [4.78, 5) is 26.4. The lowest BCUT2D eigenvalue weighted by Crippen LogP contribution is -2.73. The molecule has 0 bridgehead atoms. The first-order chi connectivity index (χ1) is 9.29. The van der Waals surface area contributed by atoms with Gasteiger partial charge in [0.25, 0.3) is 0 Å². The zero-order valence-corrected chi connectivity index (χ0v) is 13.1. The topological polar surface area (TPSA) is 67.9 Å². The van der Waals surface area contributed by atoms with Crippen LogP contribution >= 0.6 is 0 Å². The number of hydrogen-bond donors (Lipinski definition) is 1. The van der Waals surface area contributed by atoms with Crippen LogP contribution < -0.4 is 5.32 Å². The van der Waals surface area contributed by atoms with Gasteiger partial charge in [0.15, 0.2) is 0 Å². The molecule has 1 atom stereocenters. The number of rotatable bonds is 7. The SMILES string of the molecule is CCC1(C)NC(=O)C(C)(C)N(CCOCCOC)C1=O. The number of carbonyl (C=O) groups excluding carboxylic acids is 2. The molecule has 0 aliphatic carbocycles. The monoisotopic (exact) mass is 286 g/mol.